The lowest BCUT2D eigenvalue weighted by atomic mass is 10.1. The third-order valence-corrected chi connectivity index (χ3v) is 4.16. The van der Waals surface area contributed by atoms with Crippen LogP contribution in [0, 0.1) is 0 Å². The summed E-state index contributed by atoms with van der Waals surface area (Å²) >= 11 is 0. The van der Waals surface area contributed by atoms with Gasteiger partial charge in [0.05, 0.1) is 25.4 Å². The van der Waals surface area contributed by atoms with Crippen LogP contribution in [0.2, 0.25) is 0 Å². The summed E-state index contributed by atoms with van der Waals surface area (Å²) in [5.41, 5.74) is 2.60. The zero-order valence-electron chi connectivity index (χ0n) is 12.3. The average molecular weight is 276 g/mol. The summed E-state index contributed by atoms with van der Waals surface area (Å²) in [6.07, 6.45) is 2.33. The smallest absolute Gasteiger partial charge is 0.142 e. The maximum atomic E-state index is 5.76. The van der Waals surface area contributed by atoms with E-state index in [4.69, 9.17) is 9.47 Å². The molecule has 3 rings (SSSR count). The van der Waals surface area contributed by atoms with E-state index in [0.717, 1.165) is 51.6 Å². The van der Waals surface area contributed by atoms with Gasteiger partial charge < -0.3 is 14.4 Å². The second-order valence-corrected chi connectivity index (χ2v) is 5.63. The normalized spacial score (nSPS) is 19.6. The Kier molecular flexibility index (Phi) is 4.43. The first kappa shape index (κ1) is 13.7. The van der Waals surface area contributed by atoms with Gasteiger partial charge in [0, 0.05) is 20.1 Å². The molecule has 2 aliphatic heterocycles. The molecule has 0 unspecified atom stereocenters. The van der Waals surface area contributed by atoms with Crippen LogP contribution in [0.3, 0.4) is 0 Å². The Hall–Kier alpha value is -1.26. The minimum atomic E-state index is 0.792. The fraction of sp³-hybridized carbons (Fsp3) is 0.625. The highest BCUT2D eigenvalue weighted by Crippen LogP contribution is 2.31. The van der Waals surface area contributed by atoms with Gasteiger partial charge in [0.2, 0.25) is 0 Å². The molecule has 0 atom stereocenters. The van der Waals surface area contributed by atoms with E-state index in [0.29, 0.717) is 0 Å². The number of morpholine rings is 1. The number of nitrogens with zero attached hydrogens (tertiary/aromatic N) is 2. The Morgan fingerprint density at radius 1 is 1.10 bits per heavy atom. The third-order valence-electron chi connectivity index (χ3n) is 4.16. The first-order valence-corrected chi connectivity index (χ1v) is 7.60. The zero-order chi connectivity index (χ0) is 13.8. The minimum absolute atomic E-state index is 0.792. The van der Waals surface area contributed by atoms with Gasteiger partial charge in [-0.2, -0.15) is 0 Å². The number of benzene rings is 1. The van der Waals surface area contributed by atoms with Gasteiger partial charge >= 0.3 is 0 Å². The van der Waals surface area contributed by atoms with Crippen LogP contribution in [-0.2, 0) is 11.2 Å². The summed E-state index contributed by atoms with van der Waals surface area (Å²) in [4.78, 5) is 4.75. The maximum Gasteiger partial charge on any atom is 0.142 e. The topological polar surface area (TPSA) is 24.9 Å². The summed E-state index contributed by atoms with van der Waals surface area (Å²) in [7, 11) is 2.12. The standard InChI is InChI=1S/C16H24N2O2/c1-17-7-12-20-16-13-14(4-5-15(16)17)3-2-6-18-8-10-19-11-9-18/h4-5,13H,2-3,6-12H2,1H3. The van der Waals surface area contributed by atoms with Gasteiger partial charge in [-0.3, -0.25) is 4.90 Å². The fourth-order valence-corrected chi connectivity index (χ4v) is 2.89. The lowest BCUT2D eigenvalue weighted by Crippen LogP contribution is -2.36. The highest BCUT2D eigenvalue weighted by molar-refractivity contribution is 5.60. The van der Waals surface area contributed by atoms with E-state index in [1.54, 1.807) is 0 Å². The van der Waals surface area contributed by atoms with Crippen molar-refractivity contribution in [1.29, 1.82) is 0 Å². The molecule has 0 N–H and O–H groups in total. The van der Waals surface area contributed by atoms with E-state index >= 15 is 0 Å². The highest BCUT2D eigenvalue weighted by atomic mass is 16.5. The Bertz CT molecular complexity index is 444. The van der Waals surface area contributed by atoms with Crippen molar-refractivity contribution < 1.29 is 9.47 Å². The number of fused-ring (bicyclic) bond motifs is 1. The number of hydrogen-bond donors (Lipinski definition) is 0. The van der Waals surface area contributed by atoms with E-state index in [-0.39, 0.29) is 0 Å². The predicted octanol–water partition coefficient (Wildman–Crippen LogP) is 1.78. The highest BCUT2D eigenvalue weighted by Gasteiger charge is 2.15. The van der Waals surface area contributed by atoms with Gasteiger partial charge in [0.15, 0.2) is 0 Å². The van der Waals surface area contributed by atoms with Crippen molar-refractivity contribution in [3.05, 3.63) is 23.8 Å². The van der Waals surface area contributed by atoms with Crippen LogP contribution < -0.4 is 9.64 Å². The van der Waals surface area contributed by atoms with Crippen molar-refractivity contribution in [1.82, 2.24) is 4.90 Å². The summed E-state index contributed by atoms with van der Waals surface area (Å²) in [6.45, 7) is 6.87. The van der Waals surface area contributed by atoms with E-state index in [9.17, 15) is 0 Å². The van der Waals surface area contributed by atoms with E-state index in [2.05, 4.69) is 35.0 Å². The van der Waals surface area contributed by atoms with Crippen molar-refractivity contribution in [2.75, 3.05) is 57.9 Å². The quantitative estimate of drug-likeness (QED) is 0.837. The third kappa shape index (κ3) is 3.25. The summed E-state index contributed by atoms with van der Waals surface area (Å²) in [5.74, 6) is 1.04. The van der Waals surface area contributed by atoms with Crippen LogP contribution in [0.25, 0.3) is 0 Å². The molecule has 20 heavy (non-hydrogen) atoms. The van der Waals surface area contributed by atoms with Crippen LogP contribution in [0.4, 0.5) is 5.69 Å². The van der Waals surface area contributed by atoms with Crippen molar-refractivity contribution in [2.24, 2.45) is 0 Å². The van der Waals surface area contributed by atoms with Crippen LogP contribution in [-0.4, -0.2) is 57.9 Å². The molecule has 1 saturated heterocycles. The number of rotatable bonds is 4. The van der Waals surface area contributed by atoms with Gasteiger partial charge in [0.1, 0.15) is 12.4 Å². The average Bonchev–Trinajstić information content (AvgIpc) is 2.48. The molecule has 0 saturated carbocycles. The summed E-state index contributed by atoms with van der Waals surface area (Å²) < 4.78 is 11.1. The fourth-order valence-electron chi connectivity index (χ4n) is 2.89. The molecule has 0 aliphatic carbocycles. The molecule has 0 aromatic heterocycles. The Labute approximate surface area is 121 Å². The molecule has 0 bridgehead atoms. The van der Waals surface area contributed by atoms with E-state index in [1.807, 2.05) is 0 Å². The maximum absolute atomic E-state index is 5.76. The molecule has 110 valence electrons. The molecule has 4 nitrogen and oxygen atoms in total. The minimum Gasteiger partial charge on any atom is -0.490 e. The Morgan fingerprint density at radius 2 is 1.95 bits per heavy atom. The van der Waals surface area contributed by atoms with Crippen molar-refractivity contribution in [2.45, 2.75) is 12.8 Å². The SMILES string of the molecule is CN1CCOc2cc(CCCN3CCOCC3)ccc21. The van der Waals surface area contributed by atoms with Crippen LogP contribution in [0.15, 0.2) is 18.2 Å². The summed E-state index contributed by atoms with van der Waals surface area (Å²) in [6, 6.07) is 6.65. The molecule has 1 aromatic rings. The molecule has 1 fully saturated rings. The van der Waals surface area contributed by atoms with Crippen molar-refractivity contribution >= 4 is 5.69 Å². The van der Waals surface area contributed by atoms with Gasteiger partial charge in [-0.25, -0.2) is 0 Å². The number of anilines is 1. The zero-order valence-corrected chi connectivity index (χ0v) is 12.3. The van der Waals surface area contributed by atoms with Crippen molar-refractivity contribution in [3.63, 3.8) is 0 Å². The molecule has 1 aromatic carbocycles. The molecule has 0 radical (unpaired) electrons. The number of likely N-dealkylation sites (N-methyl/N-ethyl adjacent to an activating group) is 1. The largest absolute Gasteiger partial charge is 0.490 e. The molecule has 2 heterocycles. The number of hydrogen-bond acceptors (Lipinski definition) is 4. The lowest BCUT2D eigenvalue weighted by molar-refractivity contribution is 0.0374. The van der Waals surface area contributed by atoms with Crippen LogP contribution >= 0.6 is 0 Å². The first-order chi connectivity index (χ1) is 9.83. The van der Waals surface area contributed by atoms with Crippen molar-refractivity contribution in [3.8, 4) is 5.75 Å². The first-order valence-electron chi connectivity index (χ1n) is 7.60. The Balaban J connectivity index is 1.52. The molecule has 0 amide bonds. The molecule has 4 heteroatoms. The second-order valence-electron chi connectivity index (χ2n) is 5.63. The molecular formula is C16H24N2O2. The van der Waals surface area contributed by atoms with Gasteiger partial charge in [-0.15, -0.1) is 0 Å². The second kappa shape index (κ2) is 6.46. The van der Waals surface area contributed by atoms with Crippen LogP contribution in [0.5, 0.6) is 5.75 Å². The predicted molar refractivity (Wildman–Crippen MR) is 80.8 cm³/mol. The molecule has 0 spiro atoms. The van der Waals surface area contributed by atoms with Gasteiger partial charge in [-0.1, -0.05) is 6.07 Å². The molecule has 2 aliphatic rings. The monoisotopic (exact) mass is 276 g/mol. The van der Waals surface area contributed by atoms with Crippen LogP contribution in [0.1, 0.15) is 12.0 Å². The van der Waals surface area contributed by atoms with Gasteiger partial charge in [0.25, 0.3) is 0 Å². The molecular weight excluding hydrogens is 252 g/mol. The summed E-state index contributed by atoms with van der Waals surface area (Å²) in [5, 5.41) is 0. The van der Waals surface area contributed by atoms with E-state index < -0.39 is 0 Å². The number of aryl methyl sites for hydroxylation is 1. The van der Waals surface area contributed by atoms with Gasteiger partial charge in [-0.05, 0) is 37.1 Å². The van der Waals surface area contributed by atoms with E-state index in [1.165, 1.54) is 24.2 Å². The Morgan fingerprint density at radius 3 is 2.80 bits per heavy atom. The lowest BCUT2D eigenvalue weighted by Gasteiger charge is -2.28. The number of ether oxygens (including phenoxy) is 2.